The predicted molar refractivity (Wildman–Crippen MR) is 145 cm³/mol. The van der Waals surface area contributed by atoms with Crippen molar-refractivity contribution in [3.05, 3.63) is 58.7 Å². The minimum Gasteiger partial charge on any atom is -0.322 e. The first kappa shape index (κ1) is 27.1. The second kappa shape index (κ2) is 11.8. The summed E-state index contributed by atoms with van der Waals surface area (Å²) in [5.74, 6) is 0.298. The molecule has 0 saturated carbocycles. The molecule has 180 valence electrons. The summed E-state index contributed by atoms with van der Waals surface area (Å²) in [6.45, 7) is 16.7. The van der Waals surface area contributed by atoms with Crippen LogP contribution >= 0.6 is 7.26 Å². The van der Waals surface area contributed by atoms with Crippen molar-refractivity contribution < 1.29 is 9.59 Å². The molecule has 33 heavy (non-hydrogen) atoms. The van der Waals surface area contributed by atoms with E-state index in [0.717, 1.165) is 52.4 Å². The summed E-state index contributed by atoms with van der Waals surface area (Å²) in [7, 11) is -1.91. The topological polar surface area (TPSA) is 58.2 Å². The van der Waals surface area contributed by atoms with Gasteiger partial charge in [-0.05, 0) is 70.2 Å². The van der Waals surface area contributed by atoms with Gasteiger partial charge in [0, 0.05) is 24.6 Å². The van der Waals surface area contributed by atoms with Gasteiger partial charge < -0.3 is 10.6 Å². The molecule has 0 bridgehead atoms. The zero-order chi connectivity index (χ0) is 24.8. The lowest BCUT2D eigenvalue weighted by Crippen LogP contribution is -2.40. The second-order valence-corrected chi connectivity index (χ2v) is 14.0. The number of rotatable bonds is 10. The van der Waals surface area contributed by atoms with E-state index in [1.54, 1.807) is 0 Å². The number of hydrogen-bond acceptors (Lipinski definition) is 2. The van der Waals surface area contributed by atoms with Gasteiger partial charge in [-0.3, -0.25) is 9.59 Å². The van der Waals surface area contributed by atoms with Gasteiger partial charge in [0.25, 0.3) is 11.8 Å². The Hall–Kier alpha value is -2.19. The lowest BCUT2D eigenvalue weighted by molar-refractivity contribution is -0.116. The van der Waals surface area contributed by atoms with Crippen molar-refractivity contribution in [2.24, 2.45) is 5.92 Å². The molecule has 0 fully saturated rings. The number of amides is 2. The van der Waals surface area contributed by atoms with Crippen molar-refractivity contribution in [1.29, 1.82) is 0 Å². The number of benzene rings is 2. The minimum absolute atomic E-state index is 0.0256. The number of para-hydroxylation sites is 2. The minimum atomic E-state index is -1.91. The van der Waals surface area contributed by atoms with Crippen molar-refractivity contribution in [1.82, 2.24) is 0 Å². The third kappa shape index (κ3) is 6.23. The van der Waals surface area contributed by atoms with Crippen molar-refractivity contribution in [3.8, 4) is 0 Å². The van der Waals surface area contributed by atoms with E-state index in [0.29, 0.717) is 6.16 Å². The van der Waals surface area contributed by atoms with Crippen LogP contribution in [0, 0.1) is 33.6 Å². The summed E-state index contributed by atoms with van der Waals surface area (Å²) < 4.78 is 0. The third-order valence-electron chi connectivity index (χ3n) is 7.23. The fourth-order valence-corrected chi connectivity index (χ4v) is 9.28. The number of anilines is 2. The van der Waals surface area contributed by atoms with Gasteiger partial charge in [-0.15, -0.1) is 0 Å². The molecule has 0 aromatic heterocycles. The summed E-state index contributed by atoms with van der Waals surface area (Å²) in [6, 6.07) is 12.1. The first-order chi connectivity index (χ1) is 15.6. The Kier molecular flexibility index (Phi) is 9.67. The number of nitrogens with one attached hydrogen (secondary N) is 2. The Labute approximate surface area is 201 Å². The average molecular weight is 470 g/mol. The summed E-state index contributed by atoms with van der Waals surface area (Å²) in [4.78, 5) is 27.2. The molecule has 4 nitrogen and oxygen atoms in total. The van der Waals surface area contributed by atoms with Crippen LogP contribution in [-0.4, -0.2) is 36.0 Å². The van der Waals surface area contributed by atoms with Crippen LogP contribution in [0.4, 0.5) is 11.4 Å². The van der Waals surface area contributed by atoms with E-state index in [9.17, 15) is 9.59 Å². The van der Waals surface area contributed by atoms with Gasteiger partial charge in [0.05, 0.1) is 12.3 Å². The smallest absolute Gasteiger partial charge is 0.265 e. The van der Waals surface area contributed by atoms with Crippen LogP contribution < -0.4 is 10.6 Å². The fraction of sp³-hybridized carbons (Fsp3) is 0.500. The second-order valence-electron chi connectivity index (χ2n) is 9.41. The molecule has 2 atom stereocenters. The fourth-order valence-electron chi connectivity index (χ4n) is 4.89. The van der Waals surface area contributed by atoms with Crippen molar-refractivity contribution >= 4 is 30.5 Å². The monoisotopic (exact) mass is 469 g/mol. The van der Waals surface area contributed by atoms with Crippen LogP contribution in [0.25, 0.3) is 0 Å². The molecule has 5 heteroatoms. The van der Waals surface area contributed by atoms with Crippen LogP contribution in [0.2, 0.25) is 0 Å². The molecule has 2 aromatic carbocycles. The first-order valence-electron chi connectivity index (χ1n) is 12.2. The number of carbonyl (C=O) groups is 2. The van der Waals surface area contributed by atoms with Gasteiger partial charge >= 0.3 is 0 Å². The highest BCUT2D eigenvalue weighted by atomic mass is 31.2. The molecule has 0 aliphatic carbocycles. The van der Waals surface area contributed by atoms with Gasteiger partial charge in [-0.1, -0.05) is 50.2 Å². The van der Waals surface area contributed by atoms with Gasteiger partial charge in [-0.2, -0.15) is 0 Å². The summed E-state index contributed by atoms with van der Waals surface area (Å²) in [5, 5.41) is 6.44. The maximum Gasteiger partial charge on any atom is 0.265 e. The van der Waals surface area contributed by atoms with E-state index >= 15 is 0 Å². The van der Waals surface area contributed by atoms with Gasteiger partial charge in [0.1, 0.15) is 6.16 Å². The van der Waals surface area contributed by atoms with Gasteiger partial charge in [-0.25, -0.2) is 0 Å². The average Bonchev–Trinajstić information content (AvgIpc) is 2.78. The molecule has 0 aliphatic rings. The Balaban J connectivity index is 2.38. The van der Waals surface area contributed by atoms with Crippen molar-refractivity contribution in [2.75, 3.05) is 29.1 Å². The third-order valence-corrected chi connectivity index (χ3v) is 12.6. The largest absolute Gasteiger partial charge is 0.322 e. The molecule has 0 aliphatic heterocycles. The van der Waals surface area contributed by atoms with E-state index in [-0.39, 0.29) is 23.4 Å². The molecule has 2 unspecified atom stereocenters. The zero-order valence-corrected chi connectivity index (χ0v) is 22.6. The Bertz CT molecular complexity index is 941. The Morgan fingerprint density at radius 1 is 0.788 bits per heavy atom. The lowest BCUT2D eigenvalue weighted by Gasteiger charge is -2.35. The number of aryl methyl sites for hydroxylation is 4. The van der Waals surface area contributed by atoms with E-state index in [1.165, 1.54) is 0 Å². The highest BCUT2D eigenvalue weighted by molar-refractivity contribution is 7.78. The molecule has 0 heterocycles. The number of hydrogen-bond donors (Lipinski definition) is 2. The van der Waals surface area contributed by atoms with Crippen LogP contribution in [0.5, 0.6) is 0 Å². The van der Waals surface area contributed by atoms with E-state index in [1.807, 2.05) is 64.1 Å². The van der Waals surface area contributed by atoms with Crippen molar-refractivity contribution in [2.45, 2.75) is 67.5 Å². The SMILES string of the molecule is CCC(C)C(C(=O)Nc1c(C)cccc1C)[P+](CC)(CC)CC(=O)Nc1c(C)cccc1C. The van der Waals surface area contributed by atoms with Crippen LogP contribution in [0.1, 0.15) is 56.4 Å². The van der Waals surface area contributed by atoms with Gasteiger partial charge in [0.2, 0.25) is 0 Å². The van der Waals surface area contributed by atoms with E-state index in [2.05, 4.69) is 38.3 Å². The molecular formula is C28H42N2O2P+. The van der Waals surface area contributed by atoms with Crippen LogP contribution in [0.3, 0.4) is 0 Å². The first-order valence-corrected chi connectivity index (χ1v) is 14.6. The number of carbonyl (C=O) groups excluding carboxylic acids is 2. The maximum absolute atomic E-state index is 13.8. The highest BCUT2D eigenvalue weighted by Crippen LogP contribution is 2.65. The normalized spacial score (nSPS) is 13.3. The molecule has 0 radical (unpaired) electrons. The molecule has 0 saturated heterocycles. The Morgan fingerprint density at radius 3 is 1.61 bits per heavy atom. The zero-order valence-electron chi connectivity index (χ0n) is 21.7. The van der Waals surface area contributed by atoms with Crippen LogP contribution in [-0.2, 0) is 9.59 Å². The summed E-state index contributed by atoms with van der Waals surface area (Å²) in [6.07, 6.45) is 3.09. The van der Waals surface area contributed by atoms with Crippen LogP contribution in [0.15, 0.2) is 36.4 Å². The maximum atomic E-state index is 13.8. The Morgan fingerprint density at radius 2 is 1.21 bits per heavy atom. The summed E-state index contributed by atoms with van der Waals surface area (Å²) in [5.41, 5.74) is 5.90. The molecular weight excluding hydrogens is 427 g/mol. The standard InChI is InChI=1S/C28H41N2O2P/c1-9-19(4)27(28(32)30-26-22(7)16-13-17-23(26)8)33(10-2,11-3)18-24(31)29-25-20(5)14-12-15-21(25)6/h12-17,19,27H,9-11,18H2,1-8H3,(H-,29,30,31,32)/p+1. The quantitative estimate of drug-likeness (QED) is 0.369. The van der Waals surface area contributed by atoms with E-state index in [4.69, 9.17) is 0 Å². The highest BCUT2D eigenvalue weighted by Gasteiger charge is 2.51. The molecule has 0 spiro atoms. The molecule has 2 aromatic rings. The van der Waals surface area contributed by atoms with Gasteiger partial charge in [0.15, 0.2) is 5.66 Å². The van der Waals surface area contributed by atoms with E-state index < -0.39 is 7.26 Å². The predicted octanol–water partition coefficient (Wildman–Crippen LogP) is 6.97. The van der Waals surface area contributed by atoms with Crippen molar-refractivity contribution in [3.63, 3.8) is 0 Å². The molecule has 2 rings (SSSR count). The molecule has 2 N–H and O–H groups in total. The lowest BCUT2D eigenvalue weighted by atomic mass is 10.0. The summed E-state index contributed by atoms with van der Waals surface area (Å²) >= 11 is 0. The molecule has 2 amide bonds.